The lowest BCUT2D eigenvalue weighted by Gasteiger charge is -2.20. The second kappa shape index (κ2) is 6.91. The molecular formula is C14H22BrNO3S. The van der Waals surface area contributed by atoms with Crippen LogP contribution in [0.25, 0.3) is 0 Å². The molecule has 4 nitrogen and oxygen atoms in total. The molecule has 114 valence electrons. The van der Waals surface area contributed by atoms with Crippen molar-refractivity contribution in [1.82, 2.24) is 5.32 Å². The molecule has 0 aliphatic heterocycles. The highest BCUT2D eigenvalue weighted by Gasteiger charge is 2.28. The number of nitrogens with one attached hydrogen (secondary N) is 1. The molecule has 1 aromatic rings. The van der Waals surface area contributed by atoms with Crippen molar-refractivity contribution in [1.29, 1.82) is 0 Å². The Hall–Kier alpha value is -0.590. The van der Waals surface area contributed by atoms with Crippen LogP contribution in [0.4, 0.5) is 0 Å². The lowest BCUT2D eigenvalue weighted by Crippen LogP contribution is -2.32. The Morgan fingerprint density at radius 1 is 1.30 bits per heavy atom. The van der Waals surface area contributed by atoms with E-state index in [1.165, 1.54) is 0 Å². The zero-order chi connectivity index (χ0) is 15.4. The van der Waals surface area contributed by atoms with Crippen LogP contribution < -0.4 is 10.1 Å². The summed E-state index contributed by atoms with van der Waals surface area (Å²) in [6, 6.07) is 5.76. The number of benzene rings is 1. The summed E-state index contributed by atoms with van der Waals surface area (Å²) in [6.07, 6.45) is 0. The molecule has 0 atom stereocenters. The number of hydrogen-bond donors (Lipinski definition) is 1. The van der Waals surface area contributed by atoms with Crippen molar-refractivity contribution in [3.63, 3.8) is 0 Å². The zero-order valence-electron chi connectivity index (χ0n) is 12.4. The van der Waals surface area contributed by atoms with E-state index in [1.807, 2.05) is 25.2 Å². The summed E-state index contributed by atoms with van der Waals surface area (Å²) in [5.74, 6) is 0.711. The van der Waals surface area contributed by atoms with Crippen LogP contribution in [0, 0.1) is 0 Å². The van der Waals surface area contributed by atoms with Crippen molar-refractivity contribution in [3.8, 4) is 5.75 Å². The van der Waals surface area contributed by atoms with Crippen LogP contribution in [0.2, 0.25) is 0 Å². The highest BCUT2D eigenvalue weighted by molar-refractivity contribution is 9.10. The van der Waals surface area contributed by atoms with Gasteiger partial charge in [-0.3, -0.25) is 0 Å². The van der Waals surface area contributed by atoms with Crippen LogP contribution in [0.3, 0.4) is 0 Å². The van der Waals surface area contributed by atoms with Crippen LogP contribution in [0.1, 0.15) is 26.3 Å². The third kappa shape index (κ3) is 4.46. The maximum Gasteiger partial charge on any atom is 0.158 e. The molecule has 0 saturated heterocycles. The van der Waals surface area contributed by atoms with E-state index in [0.717, 1.165) is 10.0 Å². The van der Waals surface area contributed by atoms with Crippen LogP contribution in [0.15, 0.2) is 22.7 Å². The summed E-state index contributed by atoms with van der Waals surface area (Å²) in [4.78, 5) is 0. The van der Waals surface area contributed by atoms with Gasteiger partial charge in [0.15, 0.2) is 9.84 Å². The molecule has 1 rings (SSSR count). The fraction of sp³-hybridized carbons (Fsp3) is 0.571. The molecule has 0 aliphatic carbocycles. The molecule has 1 N–H and O–H groups in total. The average molecular weight is 364 g/mol. The summed E-state index contributed by atoms with van der Waals surface area (Å²) >= 11 is 3.44. The second-order valence-electron chi connectivity index (χ2n) is 5.54. The molecule has 20 heavy (non-hydrogen) atoms. The van der Waals surface area contributed by atoms with Crippen molar-refractivity contribution >= 4 is 25.8 Å². The zero-order valence-corrected chi connectivity index (χ0v) is 14.8. The summed E-state index contributed by atoms with van der Waals surface area (Å²) in [5, 5.41) is 3.06. The Morgan fingerprint density at radius 3 is 2.50 bits per heavy atom. The molecule has 0 aliphatic rings. The van der Waals surface area contributed by atoms with Crippen molar-refractivity contribution in [2.24, 2.45) is 0 Å². The van der Waals surface area contributed by atoms with Gasteiger partial charge in [-0.15, -0.1) is 0 Å². The van der Waals surface area contributed by atoms with Crippen molar-refractivity contribution in [2.45, 2.75) is 32.1 Å². The third-order valence-corrected chi connectivity index (χ3v) is 6.14. The van der Waals surface area contributed by atoms with Gasteiger partial charge in [-0.2, -0.15) is 0 Å². The molecule has 6 heteroatoms. The van der Waals surface area contributed by atoms with E-state index in [2.05, 4.69) is 21.2 Å². The molecule has 0 bridgehead atoms. The minimum atomic E-state index is -3.16. The van der Waals surface area contributed by atoms with E-state index < -0.39 is 14.6 Å². The average Bonchev–Trinajstić information content (AvgIpc) is 2.31. The predicted octanol–water partition coefficient (Wildman–Crippen LogP) is 2.76. The van der Waals surface area contributed by atoms with Crippen LogP contribution >= 0.6 is 15.9 Å². The molecule has 0 aromatic heterocycles. The molecule has 1 aromatic carbocycles. The van der Waals surface area contributed by atoms with Gasteiger partial charge in [-0.05, 0) is 49.8 Å². The van der Waals surface area contributed by atoms with Crippen LogP contribution in [-0.4, -0.2) is 32.6 Å². The maximum absolute atomic E-state index is 12.0. The topological polar surface area (TPSA) is 55.4 Å². The van der Waals surface area contributed by atoms with E-state index in [-0.39, 0.29) is 12.4 Å². The lowest BCUT2D eigenvalue weighted by atomic mass is 10.2. The molecule has 0 amide bonds. The summed E-state index contributed by atoms with van der Waals surface area (Å²) < 4.78 is 29.8. The van der Waals surface area contributed by atoms with E-state index in [9.17, 15) is 8.42 Å². The number of hydrogen-bond acceptors (Lipinski definition) is 4. The normalized spacial score (nSPS) is 12.4. The second-order valence-corrected chi connectivity index (χ2v) is 9.25. The molecule has 0 unspecified atom stereocenters. The quantitative estimate of drug-likeness (QED) is 0.844. The van der Waals surface area contributed by atoms with Crippen molar-refractivity contribution < 1.29 is 13.2 Å². The summed E-state index contributed by atoms with van der Waals surface area (Å²) in [6.45, 7) is 5.92. The Bertz CT molecular complexity index is 550. The van der Waals surface area contributed by atoms with Crippen molar-refractivity contribution in [2.75, 3.05) is 19.4 Å². The number of ether oxygens (including phenoxy) is 1. The van der Waals surface area contributed by atoms with Gasteiger partial charge in [0.2, 0.25) is 0 Å². The minimum absolute atomic E-state index is 0.0107. The molecular weight excluding hydrogens is 342 g/mol. The Morgan fingerprint density at radius 2 is 1.95 bits per heavy atom. The fourth-order valence-electron chi connectivity index (χ4n) is 1.60. The first-order valence-electron chi connectivity index (χ1n) is 6.46. The van der Waals surface area contributed by atoms with Gasteiger partial charge in [0.1, 0.15) is 12.4 Å². The number of para-hydroxylation sites is 1. The standard InChI is InChI=1S/C14H22BrNO3S/c1-14(2,3)20(17,18)9-8-19-13-11(10-16-4)6-5-7-12(13)15/h5-7,16H,8-10H2,1-4H3. The summed E-state index contributed by atoms with van der Waals surface area (Å²) in [5.41, 5.74) is 0.995. The van der Waals surface area contributed by atoms with Gasteiger partial charge in [0.05, 0.1) is 15.0 Å². The molecule has 0 radical (unpaired) electrons. The van der Waals surface area contributed by atoms with Gasteiger partial charge in [-0.25, -0.2) is 8.42 Å². The first-order valence-corrected chi connectivity index (χ1v) is 8.90. The molecule has 0 spiro atoms. The number of rotatable bonds is 6. The number of halogens is 1. The van der Waals surface area contributed by atoms with Crippen LogP contribution in [-0.2, 0) is 16.4 Å². The Kier molecular flexibility index (Phi) is 6.04. The first-order chi connectivity index (χ1) is 9.19. The van der Waals surface area contributed by atoms with E-state index in [4.69, 9.17) is 4.74 Å². The van der Waals surface area contributed by atoms with Gasteiger partial charge >= 0.3 is 0 Å². The van der Waals surface area contributed by atoms with E-state index in [0.29, 0.717) is 12.3 Å². The monoisotopic (exact) mass is 363 g/mol. The highest BCUT2D eigenvalue weighted by atomic mass is 79.9. The van der Waals surface area contributed by atoms with Gasteiger partial charge < -0.3 is 10.1 Å². The third-order valence-electron chi connectivity index (χ3n) is 2.95. The minimum Gasteiger partial charge on any atom is -0.491 e. The predicted molar refractivity (Wildman–Crippen MR) is 85.9 cm³/mol. The molecule has 0 saturated carbocycles. The van der Waals surface area contributed by atoms with E-state index in [1.54, 1.807) is 20.8 Å². The highest BCUT2D eigenvalue weighted by Crippen LogP contribution is 2.29. The SMILES string of the molecule is CNCc1cccc(Br)c1OCCS(=O)(=O)C(C)(C)C. The smallest absolute Gasteiger partial charge is 0.158 e. The maximum atomic E-state index is 12.0. The van der Waals surface area contributed by atoms with Gasteiger partial charge in [0, 0.05) is 12.1 Å². The lowest BCUT2D eigenvalue weighted by molar-refractivity contribution is 0.333. The van der Waals surface area contributed by atoms with Crippen LogP contribution in [0.5, 0.6) is 5.75 Å². The Balaban J connectivity index is 2.77. The summed E-state index contributed by atoms with van der Waals surface area (Å²) in [7, 11) is -1.31. The van der Waals surface area contributed by atoms with Gasteiger partial charge in [-0.1, -0.05) is 12.1 Å². The first kappa shape index (κ1) is 17.5. The number of sulfone groups is 1. The largest absolute Gasteiger partial charge is 0.491 e. The molecule has 0 fully saturated rings. The van der Waals surface area contributed by atoms with E-state index >= 15 is 0 Å². The van der Waals surface area contributed by atoms with Crippen molar-refractivity contribution in [3.05, 3.63) is 28.2 Å². The fourth-order valence-corrected chi connectivity index (χ4v) is 3.04. The Labute approximate surface area is 130 Å². The van der Waals surface area contributed by atoms with Gasteiger partial charge in [0.25, 0.3) is 0 Å². The molecule has 0 heterocycles.